The molecule has 3 heteroatoms. The summed E-state index contributed by atoms with van der Waals surface area (Å²) in [5.41, 5.74) is 0. The smallest absolute Gasteiger partial charge is 0.0256 e. The van der Waals surface area contributed by atoms with Crippen LogP contribution in [0.1, 0.15) is 32.6 Å². The molecule has 2 fully saturated rings. The molecule has 2 aliphatic rings. The van der Waals surface area contributed by atoms with Gasteiger partial charge in [-0.2, -0.15) is 11.8 Å². The van der Waals surface area contributed by atoms with Crippen molar-refractivity contribution in [3.63, 3.8) is 0 Å². The molecule has 0 aromatic heterocycles. The maximum atomic E-state index is 3.72. The molecular formula is C11H22N2S. The molecule has 2 rings (SSSR count). The summed E-state index contributed by atoms with van der Waals surface area (Å²) in [6.45, 7) is 5.99. The molecule has 2 unspecified atom stereocenters. The van der Waals surface area contributed by atoms with Gasteiger partial charge in [0.25, 0.3) is 0 Å². The van der Waals surface area contributed by atoms with Gasteiger partial charge in [-0.1, -0.05) is 0 Å². The Balaban J connectivity index is 1.70. The molecule has 0 bridgehead atoms. The SMILES string of the molecule is CC1(CNC2CCCNC2)CCCS1. The van der Waals surface area contributed by atoms with Gasteiger partial charge in [-0.15, -0.1) is 0 Å². The van der Waals surface area contributed by atoms with Gasteiger partial charge in [0.15, 0.2) is 0 Å². The Bertz CT molecular complexity index is 172. The van der Waals surface area contributed by atoms with Crippen LogP contribution in [-0.4, -0.2) is 36.2 Å². The zero-order valence-electron chi connectivity index (χ0n) is 9.14. The predicted molar refractivity (Wildman–Crippen MR) is 64.0 cm³/mol. The standard InChI is InChI=1S/C11H22N2S/c1-11(5-3-7-14-11)9-13-10-4-2-6-12-8-10/h10,12-13H,2-9H2,1H3. The predicted octanol–water partition coefficient (Wildman–Crippen LogP) is 1.61. The molecular weight excluding hydrogens is 192 g/mol. The molecule has 0 aliphatic carbocycles. The van der Waals surface area contributed by atoms with Crippen LogP contribution in [0.25, 0.3) is 0 Å². The number of thioether (sulfide) groups is 1. The Kier molecular flexibility index (Phi) is 3.74. The molecule has 0 spiro atoms. The Morgan fingerprint density at radius 2 is 2.43 bits per heavy atom. The number of nitrogens with one attached hydrogen (secondary N) is 2. The molecule has 2 aliphatic heterocycles. The molecule has 82 valence electrons. The average Bonchev–Trinajstić information content (AvgIpc) is 2.65. The third-order valence-electron chi connectivity index (χ3n) is 3.36. The van der Waals surface area contributed by atoms with E-state index in [4.69, 9.17) is 0 Å². The molecule has 2 atom stereocenters. The lowest BCUT2D eigenvalue weighted by Gasteiger charge is -2.29. The molecule has 0 aromatic carbocycles. The summed E-state index contributed by atoms with van der Waals surface area (Å²) in [5.74, 6) is 1.36. The maximum absolute atomic E-state index is 3.72. The number of hydrogen-bond donors (Lipinski definition) is 2. The van der Waals surface area contributed by atoms with Crippen molar-refractivity contribution in [3.8, 4) is 0 Å². The lowest BCUT2D eigenvalue weighted by atomic mass is 10.0. The van der Waals surface area contributed by atoms with Crippen LogP contribution in [0, 0.1) is 0 Å². The minimum absolute atomic E-state index is 0.525. The summed E-state index contributed by atoms with van der Waals surface area (Å²) in [4.78, 5) is 0. The molecule has 0 saturated carbocycles. The quantitative estimate of drug-likeness (QED) is 0.746. The van der Waals surface area contributed by atoms with Gasteiger partial charge in [-0.25, -0.2) is 0 Å². The van der Waals surface area contributed by atoms with Crippen molar-refractivity contribution >= 4 is 11.8 Å². The van der Waals surface area contributed by atoms with Gasteiger partial charge in [0.1, 0.15) is 0 Å². The van der Waals surface area contributed by atoms with Crippen LogP contribution in [0.15, 0.2) is 0 Å². The van der Waals surface area contributed by atoms with E-state index in [0.29, 0.717) is 4.75 Å². The van der Waals surface area contributed by atoms with E-state index in [1.54, 1.807) is 0 Å². The number of hydrogen-bond acceptors (Lipinski definition) is 3. The fourth-order valence-electron chi connectivity index (χ4n) is 2.36. The third-order valence-corrected chi connectivity index (χ3v) is 4.90. The highest BCUT2D eigenvalue weighted by Crippen LogP contribution is 2.37. The van der Waals surface area contributed by atoms with Gasteiger partial charge < -0.3 is 10.6 Å². The number of piperidine rings is 1. The van der Waals surface area contributed by atoms with Crippen LogP contribution in [0.2, 0.25) is 0 Å². The first kappa shape index (κ1) is 10.8. The molecule has 2 heterocycles. The largest absolute Gasteiger partial charge is 0.315 e. The summed E-state index contributed by atoms with van der Waals surface area (Å²) in [6.07, 6.45) is 5.49. The van der Waals surface area contributed by atoms with Crippen molar-refractivity contribution in [2.24, 2.45) is 0 Å². The van der Waals surface area contributed by atoms with Gasteiger partial charge in [0.2, 0.25) is 0 Å². The monoisotopic (exact) mass is 214 g/mol. The van der Waals surface area contributed by atoms with E-state index in [1.165, 1.54) is 51.1 Å². The second kappa shape index (κ2) is 4.86. The summed E-state index contributed by atoms with van der Waals surface area (Å²) in [7, 11) is 0. The average molecular weight is 214 g/mol. The first-order chi connectivity index (χ1) is 6.79. The minimum Gasteiger partial charge on any atom is -0.315 e. The van der Waals surface area contributed by atoms with Crippen molar-refractivity contribution in [1.82, 2.24) is 10.6 Å². The molecule has 2 N–H and O–H groups in total. The fourth-order valence-corrected chi connectivity index (χ4v) is 3.62. The van der Waals surface area contributed by atoms with Gasteiger partial charge >= 0.3 is 0 Å². The van der Waals surface area contributed by atoms with Crippen molar-refractivity contribution in [2.75, 3.05) is 25.4 Å². The van der Waals surface area contributed by atoms with Gasteiger partial charge in [-0.3, -0.25) is 0 Å². The van der Waals surface area contributed by atoms with Crippen molar-refractivity contribution in [2.45, 2.75) is 43.4 Å². The zero-order valence-corrected chi connectivity index (χ0v) is 9.96. The van der Waals surface area contributed by atoms with Gasteiger partial charge in [0, 0.05) is 23.9 Å². The summed E-state index contributed by atoms with van der Waals surface area (Å²) >= 11 is 2.15. The Morgan fingerprint density at radius 1 is 1.50 bits per heavy atom. The van der Waals surface area contributed by atoms with Crippen molar-refractivity contribution in [3.05, 3.63) is 0 Å². The summed E-state index contributed by atoms with van der Waals surface area (Å²) < 4.78 is 0.525. The van der Waals surface area contributed by atoms with E-state index < -0.39 is 0 Å². The fraction of sp³-hybridized carbons (Fsp3) is 1.00. The topological polar surface area (TPSA) is 24.1 Å². The minimum atomic E-state index is 0.525. The van der Waals surface area contributed by atoms with E-state index in [2.05, 4.69) is 29.3 Å². The second-order valence-electron chi connectivity index (χ2n) is 4.83. The highest BCUT2D eigenvalue weighted by Gasteiger charge is 2.29. The van der Waals surface area contributed by atoms with Crippen LogP contribution >= 0.6 is 11.8 Å². The second-order valence-corrected chi connectivity index (χ2v) is 6.51. The molecule has 14 heavy (non-hydrogen) atoms. The molecule has 0 amide bonds. The van der Waals surface area contributed by atoms with Crippen LogP contribution in [0.4, 0.5) is 0 Å². The van der Waals surface area contributed by atoms with E-state index in [0.717, 1.165) is 6.04 Å². The van der Waals surface area contributed by atoms with E-state index in [-0.39, 0.29) is 0 Å². The van der Waals surface area contributed by atoms with E-state index in [1.807, 2.05) is 0 Å². The molecule has 0 aromatic rings. The van der Waals surface area contributed by atoms with E-state index >= 15 is 0 Å². The summed E-state index contributed by atoms with van der Waals surface area (Å²) in [5, 5.41) is 7.17. The van der Waals surface area contributed by atoms with Crippen LogP contribution in [0.5, 0.6) is 0 Å². The maximum Gasteiger partial charge on any atom is 0.0256 e. The van der Waals surface area contributed by atoms with Gasteiger partial charge in [0.05, 0.1) is 0 Å². The Labute approximate surface area is 91.6 Å². The normalized spacial score (nSPS) is 38.8. The van der Waals surface area contributed by atoms with E-state index in [9.17, 15) is 0 Å². The highest BCUT2D eigenvalue weighted by atomic mass is 32.2. The highest BCUT2D eigenvalue weighted by molar-refractivity contribution is 8.00. The van der Waals surface area contributed by atoms with Gasteiger partial charge in [-0.05, 0) is 44.9 Å². The van der Waals surface area contributed by atoms with Crippen LogP contribution < -0.4 is 10.6 Å². The molecule has 0 radical (unpaired) electrons. The summed E-state index contributed by atoms with van der Waals surface area (Å²) in [6, 6.07) is 0.724. The van der Waals surface area contributed by atoms with Crippen LogP contribution in [0.3, 0.4) is 0 Å². The van der Waals surface area contributed by atoms with Crippen molar-refractivity contribution < 1.29 is 0 Å². The first-order valence-electron chi connectivity index (χ1n) is 5.87. The number of rotatable bonds is 3. The Morgan fingerprint density at radius 3 is 3.07 bits per heavy atom. The van der Waals surface area contributed by atoms with Crippen LogP contribution in [-0.2, 0) is 0 Å². The molecule has 2 nitrogen and oxygen atoms in total. The third kappa shape index (κ3) is 2.88. The Hall–Kier alpha value is 0.270. The lowest BCUT2D eigenvalue weighted by Crippen LogP contribution is -2.47. The first-order valence-corrected chi connectivity index (χ1v) is 6.85. The zero-order chi connectivity index (χ0) is 9.86. The van der Waals surface area contributed by atoms with Crippen molar-refractivity contribution in [1.29, 1.82) is 0 Å². The molecule has 2 saturated heterocycles. The lowest BCUT2D eigenvalue weighted by molar-refractivity contribution is 0.374.